The zero-order valence-corrected chi connectivity index (χ0v) is 14.8. The number of nitrogens with zero attached hydrogens (tertiary/aromatic N) is 3. The number of amides is 1. The lowest BCUT2D eigenvalue weighted by atomic mass is 10.2. The average Bonchev–Trinajstić information content (AvgIpc) is 2.80. The first kappa shape index (κ1) is 17.3. The Hall–Kier alpha value is -2.07. The van der Waals surface area contributed by atoms with E-state index in [1.807, 2.05) is 50.4 Å². The molecule has 0 fully saturated rings. The molecule has 1 aromatic carbocycles. The lowest BCUT2D eigenvalue weighted by Gasteiger charge is -2.18. The highest BCUT2D eigenvalue weighted by Crippen LogP contribution is 2.18. The van der Waals surface area contributed by atoms with Crippen molar-refractivity contribution in [3.63, 3.8) is 0 Å². The first-order valence-corrected chi connectivity index (χ1v) is 8.01. The first-order valence-electron chi connectivity index (χ1n) is 8.01. The summed E-state index contributed by atoms with van der Waals surface area (Å²) in [4.78, 5) is 16.7. The van der Waals surface area contributed by atoms with Crippen LogP contribution in [0.3, 0.4) is 0 Å². The fraction of sp³-hybridized carbons (Fsp3) is 0.421. The van der Waals surface area contributed by atoms with Crippen LogP contribution in [-0.4, -0.2) is 48.0 Å². The van der Waals surface area contributed by atoms with Gasteiger partial charge in [-0.25, -0.2) is 0 Å². The molecule has 4 nitrogen and oxygen atoms in total. The van der Waals surface area contributed by atoms with Crippen molar-refractivity contribution in [2.45, 2.75) is 26.9 Å². The smallest absolute Gasteiger partial charge is 0.255 e. The maximum absolute atomic E-state index is 12.8. The van der Waals surface area contributed by atoms with Gasteiger partial charge in [-0.1, -0.05) is 30.3 Å². The summed E-state index contributed by atoms with van der Waals surface area (Å²) in [6.45, 7) is 6.59. The normalized spacial score (nSPS) is 11.0. The molecule has 0 radical (unpaired) electrons. The predicted octanol–water partition coefficient (Wildman–Crippen LogP) is 2.94. The van der Waals surface area contributed by atoms with E-state index in [1.165, 1.54) is 0 Å². The summed E-state index contributed by atoms with van der Waals surface area (Å²) < 4.78 is 2.23. The Bertz CT molecular complexity index is 659. The molecule has 0 atom stereocenters. The van der Waals surface area contributed by atoms with Crippen molar-refractivity contribution in [1.82, 2.24) is 14.4 Å². The van der Waals surface area contributed by atoms with E-state index < -0.39 is 0 Å². The Morgan fingerprint density at radius 2 is 1.74 bits per heavy atom. The third kappa shape index (κ3) is 4.23. The van der Waals surface area contributed by atoms with E-state index in [-0.39, 0.29) is 5.91 Å². The van der Waals surface area contributed by atoms with Gasteiger partial charge in [0.15, 0.2) is 0 Å². The van der Waals surface area contributed by atoms with Crippen LogP contribution in [-0.2, 0) is 13.1 Å². The molecule has 1 amide bonds. The van der Waals surface area contributed by atoms with E-state index >= 15 is 0 Å². The van der Waals surface area contributed by atoms with E-state index in [0.29, 0.717) is 6.54 Å². The van der Waals surface area contributed by atoms with Crippen molar-refractivity contribution >= 4 is 5.91 Å². The van der Waals surface area contributed by atoms with Gasteiger partial charge in [-0.3, -0.25) is 4.79 Å². The lowest BCUT2D eigenvalue weighted by Crippen LogP contribution is -2.27. The second-order valence-electron chi connectivity index (χ2n) is 6.39. The first-order chi connectivity index (χ1) is 10.9. The van der Waals surface area contributed by atoms with Gasteiger partial charge in [0.25, 0.3) is 5.91 Å². The number of hydrogen-bond donors (Lipinski definition) is 0. The molecule has 0 saturated heterocycles. The summed E-state index contributed by atoms with van der Waals surface area (Å²) in [6.07, 6.45) is 0. The zero-order valence-electron chi connectivity index (χ0n) is 14.8. The van der Waals surface area contributed by atoms with Gasteiger partial charge >= 0.3 is 0 Å². The van der Waals surface area contributed by atoms with Crippen LogP contribution >= 0.6 is 0 Å². The van der Waals surface area contributed by atoms with E-state index in [0.717, 1.165) is 35.6 Å². The van der Waals surface area contributed by atoms with Crippen molar-refractivity contribution in [3.05, 3.63) is 58.9 Å². The third-order valence-corrected chi connectivity index (χ3v) is 4.18. The molecular formula is C19H27N3O. The molecule has 0 aliphatic heterocycles. The Balaban J connectivity index is 2.14. The van der Waals surface area contributed by atoms with Crippen LogP contribution in [0.1, 0.15) is 27.3 Å². The molecule has 1 heterocycles. The number of aromatic nitrogens is 1. The van der Waals surface area contributed by atoms with Crippen LogP contribution in [0.15, 0.2) is 36.4 Å². The maximum Gasteiger partial charge on any atom is 0.255 e. The van der Waals surface area contributed by atoms with Crippen LogP contribution in [0.5, 0.6) is 0 Å². The largest absolute Gasteiger partial charge is 0.347 e. The number of aryl methyl sites for hydroxylation is 1. The SMILES string of the molecule is Cc1cc(C(=O)N(C)Cc2ccccc2)c(C)n1CCN(C)C. The summed E-state index contributed by atoms with van der Waals surface area (Å²) in [5.74, 6) is 0.0815. The van der Waals surface area contributed by atoms with Crippen LogP contribution < -0.4 is 0 Å². The quantitative estimate of drug-likeness (QED) is 0.820. The van der Waals surface area contributed by atoms with E-state index in [4.69, 9.17) is 0 Å². The van der Waals surface area contributed by atoms with Gasteiger partial charge in [0, 0.05) is 38.1 Å². The Labute approximate surface area is 139 Å². The van der Waals surface area contributed by atoms with Crippen molar-refractivity contribution < 1.29 is 4.79 Å². The van der Waals surface area contributed by atoms with Gasteiger partial charge in [0.05, 0.1) is 5.56 Å². The minimum absolute atomic E-state index is 0.0815. The molecule has 0 bridgehead atoms. The number of carbonyl (C=O) groups excluding carboxylic acids is 1. The van der Waals surface area contributed by atoms with Crippen molar-refractivity contribution in [1.29, 1.82) is 0 Å². The highest BCUT2D eigenvalue weighted by molar-refractivity contribution is 5.95. The zero-order chi connectivity index (χ0) is 17.0. The van der Waals surface area contributed by atoms with Gasteiger partial charge in [-0.15, -0.1) is 0 Å². The van der Waals surface area contributed by atoms with Gasteiger partial charge in [-0.05, 0) is 39.6 Å². The van der Waals surface area contributed by atoms with E-state index in [9.17, 15) is 4.79 Å². The maximum atomic E-state index is 12.8. The topological polar surface area (TPSA) is 28.5 Å². The Morgan fingerprint density at radius 1 is 1.09 bits per heavy atom. The molecule has 0 unspecified atom stereocenters. The highest BCUT2D eigenvalue weighted by atomic mass is 16.2. The van der Waals surface area contributed by atoms with Crippen molar-refractivity contribution in [3.8, 4) is 0 Å². The summed E-state index contributed by atoms with van der Waals surface area (Å²) >= 11 is 0. The Kier molecular flexibility index (Phi) is 5.61. The number of benzene rings is 1. The molecule has 0 aliphatic carbocycles. The molecular weight excluding hydrogens is 286 g/mol. The van der Waals surface area contributed by atoms with E-state index in [2.05, 4.69) is 30.5 Å². The fourth-order valence-electron chi connectivity index (χ4n) is 2.80. The van der Waals surface area contributed by atoms with Crippen LogP contribution in [0, 0.1) is 13.8 Å². The molecule has 2 rings (SSSR count). The Morgan fingerprint density at radius 3 is 2.35 bits per heavy atom. The molecule has 0 spiro atoms. The number of carbonyl (C=O) groups is 1. The average molecular weight is 313 g/mol. The summed E-state index contributed by atoms with van der Waals surface area (Å²) in [5, 5.41) is 0. The van der Waals surface area contributed by atoms with Gasteiger partial charge in [0.1, 0.15) is 0 Å². The number of rotatable bonds is 6. The summed E-state index contributed by atoms with van der Waals surface area (Å²) in [6, 6.07) is 12.1. The van der Waals surface area contributed by atoms with Gasteiger partial charge in [-0.2, -0.15) is 0 Å². The minimum atomic E-state index is 0.0815. The molecule has 23 heavy (non-hydrogen) atoms. The monoisotopic (exact) mass is 313 g/mol. The standard InChI is InChI=1S/C19H27N3O/c1-15-13-18(16(2)22(15)12-11-20(3)4)19(23)21(5)14-17-9-7-6-8-10-17/h6-10,13H,11-12,14H2,1-5H3. The molecule has 0 N–H and O–H groups in total. The molecule has 0 aliphatic rings. The third-order valence-electron chi connectivity index (χ3n) is 4.18. The molecule has 2 aromatic rings. The molecule has 4 heteroatoms. The number of likely N-dealkylation sites (N-methyl/N-ethyl adjacent to an activating group) is 1. The van der Waals surface area contributed by atoms with Gasteiger partial charge in [0.2, 0.25) is 0 Å². The minimum Gasteiger partial charge on any atom is -0.347 e. The van der Waals surface area contributed by atoms with Crippen molar-refractivity contribution in [2.75, 3.05) is 27.7 Å². The summed E-state index contributed by atoms with van der Waals surface area (Å²) in [7, 11) is 5.99. The van der Waals surface area contributed by atoms with Crippen LogP contribution in [0.2, 0.25) is 0 Å². The lowest BCUT2D eigenvalue weighted by molar-refractivity contribution is 0.0784. The number of hydrogen-bond acceptors (Lipinski definition) is 2. The molecule has 0 saturated carbocycles. The van der Waals surface area contributed by atoms with E-state index in [1.54, 1.807) is 4.90 Å². The molecule has 1 aromatic heterocycles. The second kappa shape index (κ2) is 7.47. The molecule has 124 valence electrons. The van der Waals surface area contributed by atoms with Gasteiger partial charge < -0.3 is 14.4 Å². The second-order valence-corrected chi connectivity index (χ2v) is 6.39. The fourth-order valence-corrected chi connectivity index (χ4v) is 2.80. The highest BCUT2D eigenvalue weighted by Gasteiger charge is 2.19. The predicted molar refractivity (Wildman–Crippen MR) is 94.7 cm³/mol. The van der Waals surface area contributed by atoms with Crippen LogP contribution in [0.4, 0.5) is 0 Å². The summed E-state index contributed by atoms with van der Waals surface area (Å²) in [5.41, 5.74) is 4.14. The van der Waals surface area contributed by atoms with Crippen LogP contribution in [0.25, 0.3) is 0 Å². The van der Waals surface area contributed by atoms with Crippen molar-refractivity contribution in [2.24, 2.45) is 0 Å².